The summed E-state index contributed by atoms with van der Waals surface area (Å²) in [6, 6.07) is 2.68. The minimum Gasteiger partial charge on any atom is -0.366 e. The third-order valence-electron chi connectivity index (χ3n) is 4.00. The van der Waals surface area contributed by atoms with Crippen LogP contribution < -0.4 is 16.6 Å². The number of rotatable bonds is 5. The first-order chi connectivity index (χ1) is 10.2. The summed E-state index contributed by atoms with van der Waals surface area (Å²) < 4.78 is 0. The Bertz CT molecular complexity index is 627. The van der Waals surface area contributed by atoms with Crippen molar-refractivity contribution in [3.63, 3.8) is 0 Å². The number of nitrogens with one attached hydrogen (secondary N) is 2. The topological polar surface area (TPSA) is 75.9 Å². The molecule has 0 spiro atoms. The van der Waals surface area contributed by atoms with Gasteiger partial charge in [0.25, 0.3) is 0 Å². The highest BCUT2D eigenvalue weighted by Crippen LogP contribution is 2.34. The van der Waals surface area contributed by atoms with Gasteiger partial charge < -0.3 is 5.32 Å². The van der Waals surface area contributed by atoms with Gasteiger partial charge in [0.15, 0.2) is 0 Å². The van der Waals surface area contributed by atoms with Gasteiger partial charge in [-0.15, -0.1) is 11.3 Å². The van der Waals surface area contributed by atoms with Crippen LogP contribution in [-0.2, 0) is 6.42 Å². The molecule has 0 amide bonds. The molecule has 7 heteroatoms. The number of hydrogen-bond acceptors (Lipinski definition) is 7. The maximum absolute atomic E-state index is 5.51. The number of fused-ring (bicyclic) bond motifs is 1. The van der Waals surface area contributed by atoms with E-state index < -0.39 is 0 Å². The second-order valence-corrected chi connectivity index (χ2v) is 7.47. The maximum Gasteiger partial charge on any atom is 0.240 e. The Balaban J connectivity index is 1.97. The second-order valence-electron chi connectivity index (χ2n) is 5.28. The van der Waals surface area contributed by atoms with Crippen LogP contribution in [0.25, 0.3) is 10.2 Å². The van der Waals surface area contributed by atoms with Gasteiger partial charge >= 0.3 is 0 Å². The van der Waals surface area contributed by atoms with Crippen molar-refractivity contribution in [1.82, 2.24) is 9.97 Å². The number of thiophene rings is 1. The minimum absolute atomic E-state index is 0.480. The summed E-state index contributed by atoms with van der Waals surface area (Å²) >= 11 is 3.65. The molecule has 4 N–H and O–H groups in total. The van der Waals surface area contributed by atoms with Gasteiger partial charge in [-0.3, -0.25) is 5.43 Å². The third kappa shape index (κ3) is 2.95. The standard InChI is InChI=1S/C14H21N5S2/c1-3-8-7-9-12(16-10-5-4-6-11(10)20-2)17-14(19-15)18-13(9)21-8/h7,10-11H,3-6,15H2,1-2H3,(H2,16,17,18,19). The highest BCUT2D eigenvalue weighted by Gasteiger charge is 2.27. The van der Waals surface area contributed by atoms with Crippen LogP contribution in [0.5, 0.6) is 0 Å². The molecular formula is C14H21N5S2. The van der Waals surface area contributed by atoms with Gasteiger partial charge in [0.05, 0.1) is 5.39 Å². The summed E-state index contributed by atoms with van der Waals surface area (Å²) in [5.41, 5.74) is 2.58. The lowest BCUT2D eigenvalue weighted by Gasteiger charge is -2.20. The first-order valence-corrected chi connectivity index (χ1v) is 9.42. The van der Waals surface area contributed by atoms with Crippen molar-refractivity contribution in [3.05, 3.63) is 10.9 Å². The zero-order valence-electron chi connectivity index (χ0n) is 12.3. The average molecular weight is 323 g/mol. The monoisotopic (exact) mass is 323 g/mol. The Hall–Kier alpha value is -1.05. The van der Waals surface area contributed by atoms with E-state index in [1.165, 1.54) is 24.1 Å². The van der Waals surface area contributed by atoms with E-state index in [2.05, 4.69) is 40.0 Å². The number of nitrogen functional groups attached to an aromatic ring is 1. The van der Waals surface area contributed by atoms with Crippen molar-refractivity contribution >= 4 is 45.1 Å². The van der Waals surface area contributed by atoms with Crippen molar-refractivity contribution < 1.29 is 0 Å². The van der Waals surface area contributed by atoms with Crippen LogP contribution in [0.4, 0.5) is 11.8 Å². The minimum atomic E-state index is 0.480. The highest BCUT2D eigenvalue weighted by atomic mass is 32.2. The molecule has 0 radical (unpaired) electrons. The van der Waals surface area contributed by atoms with Crippen molar-refractivity contribution in [3.8, 4) is 0 Å². The van der Waals surface area contributed by atoms with Crippen molar-refractivity contribution in [1.29, 1.82) is 0 Å². The van der Waals surface area contributed by atoms with E-state index in [9.17, 15) is 0 Å². The fraction of sp³-hybridized carbons (Fsp3) is 0.571. The summed E-state index contributed by atoms with van der Waals surface area (Å²) in [7, 11) is 0. The molecular weight excluding hydrogens is 302 g/mol. The maximum atomic E-state index is 5.51. The van der Waals surface area contributed by atoms with Gasteiger partial charge in [0, 0.05) is 16.2 Å². The van der Waals surface area contributed by atoms with Crippen LogP contribution in [0, 0.1) is 0 Å². The molecule has 0 aromatic carbocycles. The van der Waals surface area contributed by atoms with E-state index in [-0.39, 0.29) is 0 Å². The van der Waals surface area contributed by atoms with Crippen molar-refractivity contribution in [2.75, 3.05) is 17.0 Å². The molecule has 1 aliphatic rings. The normalized spacial score (nSPS) is 21.9. The molecule has 114 valence electrons. The average Bonchev–Trinajstić information content (AvgIpc) is 3.12. The predicted molar refractivity (Wildman–Crippen MR) is 93.2 cm³/mol. The zero-order valence-corrected chi connectivity index (χ0v) is 14.0. The molecule has 1 fully saturated rings. The first-order valence-electron chi connectivity index (χ1n) is 7.31. The fourth-order valence-corrected chi connectivity index (χ4v) is 4.77. The molecule has 1 aliphatic carbocycles. The fourth-order valence-electron chi connectivity index (χ4n) is 2.87. The lowest BCUT2D eigenvalue weighted by molar-refractivity contribution is 0.764. The van der Waals surface area contributed by atoms with Gasteiger partial charge in [-0.2, -0.15) is 16.7 Å². The van der Waals surface area contributed by atoms with E-state index in [0.29, 0.717) is 17.2 Å². The number of anilines is 2. The van der Waals surface area contributed by atoms with Crippen LogP contribution >= 0.6 is 23.1 Å². The number of thioether (sulfide) groups is 1. The summed E-state index contributed by atoms with van der Waals surface area (Å²) in [6.07, 6.45) is 6.96. The third-order valence-corrected chi connectivity index (χ3v) is 6.34. The molecule has 2 atom stereocenters. The molecule has 5 nitrogen and oxygen atoms in total. The van der Waals surface area contributed by atoms with Crippen molar-refractivity contribution in [2.24, 2.45) is 5.84 Å². The molecule has 0 aliphatic heterocycles. The number of aryl methyl sites for hydroxylation is 1. The zero-order chi connectivity index (χ0) is 14.8. The van der Waals surface area contributed by atoms with Crippen LogP contribution in [0.15, 0.2) is 6.07 Å². The molecule has 2 aromatic heterocycles. The molecule has 1 saturated carbocycles. The van der Waals surface area contributed by atoms with Crippen LogP contribution in [-0.4, -0.2) is 27.5 Å². The Morgan fingerprint density at radius 3 is 3.00 bits per heavy atom. The van der Waals surface area contributed by atoms with Crippen molar-refractivity contribution in [2.45, 2.75) is 43.9 Å². The van der Waals surface area contributed by atoms with Crippen LogP contribution in [0.3, 0.4) is 0 Å². The summed E-state index contributed by atoms with van der Waals surface area (Å²) in [5.74, 6) is 6.90. The van der Waals surface area contributed by atoms with E-state index in [1.54, 1.807) is 11.3 Å². The quantitative estimate of drug-likeness (QED) is 0.579. The molecule has 0 saturated heterocycles. The SMILES string of the molecule is CCc1cc2c(NC3CCCC3SC)nc(NN)nc2s1. The number of hydrazine groups is 1. The number of hydrogen-bond donors (Lipinski definition) is 3. The summed E-state index contributed by atoms with van der Waals surface area (Å²) in [5, 5.41) is 5.41. The predicted octanol–water partition coefficient (Wildman–Crippen LogP) is 3.24. The van der Waals surface area contributed by atoms with E-state index in [0.717, 1.165) is 22.5 Å². The van der Waals surface area contributed by atoms with E-state index in [1.807, 2.05) is 11.8 Å². The molecule has 2 unspecified atom stereocenters. The molecule has 0 bridgehead atoms. The summed E-state index contributed by atoms with van der Waals surface area (Å²) in [6.45, 7) is 2.16. The lowest BCUT2D eigenvalue weighted by Crippen LogP contribution is -2.26. The van der Waals surface area contributed by atoms with E-state index in [4.69, 9.17) is 5.84 Å². The van der Waals surface area contributed by atoms with E-state index >= 15 is 0 Å². The largest absolute Gasteiger partial charge is 0.366 e. The lowest BCUT2D eigenvalue weighted by atomic mass is 10.2. The molecule has 2 heterocycles. The van der Waals surface area contributed by atoms with Gasteiger partial charge in [-0.05, 0) is 31.6 Å². The molecule has 3 rings (SSSR count). The smallest absolute Gasteiger partial charge is 0.240 e. The summed E-state index contributed by atoms with van der Waals surface area (Å²) in [4.78, 5) is 11.3. The Morgan fingerprint density at radius 1 is 1.43 bits per heavy atom. The van der Waals surface area contributed by atoms with Crippen LogP contribution in [0.2, 0.25) is 0 Å². The number of nitrogens with zero attached hydrogens (tertiary/aromatic N) is 2. The van der Waals surface area contributed by atoms with Gasteiger partial charge in [-0.1, -0.05) is 13.3 Å². The second kappa shape index (κ2) is 6.37. The Morgan fingerprint density at radius 2 is 2.29 bits per heavy atom. The first kappa shape index (κ1) is 14.9. The number of aromatic nitrogens is 2. The highest BCUT2D eigenvalue weighted by molar-refractivity contribution is 7.99. The Kier molecular flexibility index (Phi) is 4.51. The van der Waals surface area contributed by atoms with Gasteiger partial charge in [0.1, 0.15) is 10.6 Å². The molecule has 2 aromatic rings. The van der Waals surface area contributed by atoms with Gasteiger partial charge in [0.2, 0.25) is 5.95 Å². The number of nitrogens with two attached hydrogens (primary N) is 1. The molecule has 21 heavy (non-hydrogen) atoms. The van der Waals surface area contributed by atoms with Gasteiger partial charge in [-0.25, -0.2) is 10.8 Å². The van der Waals surface area contributed by atoms with Crippen LogP contribution in [0.1, 0.15) is 31.1 Å². The Labute approximate surface area is 133 Å².